The fraction of sp³-hybridized carbons (Fsp3) is 0.565. The summed E-state index contributed by atoms with van der Waals surface area (Å²) in [5.41, 5.74) is 8.67. The van der Waals surface area contributed by atoms with Crippen LogP contribution in [0.3, 0.4) is 0 Å². The molecule has 2 atom stereocenters. The van der Waals surface area contributed by atoms with Crippen LogP contribution in [0.15, 0.2) is 24.3 Å². The Kier molecular flexibility index (Phi) is 6.31. The quantitative estimate of drug-likeness (QED) is 0.489. The van der Waals surface area contributed by atoms with E-state index in [1.807, 2.05) is 23.1 Å². The van der Waals surface area contributed by atoms with Crippen LogP contribution in [0.2, 0.25) is 0 Å². The number of carbonyl (C=O) groups excluding carboxylic acids is 1. The smallest absolute Gasteiger partial charge is 0.241 e. The Hall–Kier alpha value is -2.39. The lowest BCUT2D eigenvalue weighted by Crippen LogP contribution is -2.49. The number of hydrogen-bond acceptors (Lipinski definition) is 4. The maximum absolute atomic E-state index is 13.3. The molecule has 0 saturated carbocycles. The van der Waals surface area contributed by atoms with Crippen molar-refractivity contribution in [3.63, 3.8) is 0 Å². The number of hydrogen-bond donors (Lipinski definition) is 2. The van der Waals surface area contributed by atoms with Crippen LogP contribution in [-0.4, -0.2) is 65.4 Å². The van der Waals surface area contributed by atoms with Gasteiger partial charge in [0.05, 0.1) is 6.26 Å². The van der Waals surface area contributed by atoms with Crippen molar-refractivity contribution in [1.29, 1.82) is 5.41 Å². The molecule has 1 aromatic heterocycles. The molecule has 0 aliphatic carbocycles. The predicted molar refractivity (Wildman–Crippen MR) is 126 cm³/mol. The fourth-order valence-corrected chi connectivity index (χ4v) is 6.49. The van der Waals surface area contributed by atoms with Gasteiger partial charge in [-0.2, -0.15) is 4.31 Å². The SMILES string of the molecule is CCn1c(CC[C@@H]2CCCN2C(=O)[C@H]2CCCN2S(C)(=O)=O)cc2ccc(C(=N)N)cc21. The van der Waals surface area contributed by atoms with Gasteiger partial charge in [0.1, 0.15) is 11.9 Å². The number of nitrogens with zero attached hydrogens (tertiary/aromatic N) is 3. The van der Waals surface area contributed by atoms with E-state index in [1.54, 1.807) is 0 Å². The summed E-state index contributed by atoms with van der Waals surface area (Å²) in [5.74, 6) is 0.0324. The van der Waals surface area contributed by atoms with Crippen molar-refractivity contribution in [3.8, 4) is 0 Å². The van der Waals surface area contributed by atoms with Crippen LogP contribution in [0.5, 0.6) is 0 Å². The maximum Gasteiger partial charge on any atom is 0.241 e. The van der Waals surface area contributed by atoms with Crippen molar-refractivity contribution in [2.45, 2.75) is 64.1 Å². The molecule has 4 rings (SSSR count). The number of amides is 1. The number of amidine groups is 1. The first-order valence-corrected chi connectivity index (χ1v) is 13.3. The molecule has 1 amide bonds. The van der Waals surface area contributed by atoms with Crippen molar-refractivity contribution in [2.24, 2.45) is 5.73 Å². The van der Waals surface area contributed by atoms with Gasteiger partial charge in [-0.3, -0.25) is 10.2 Å². The molecule has 1 aromatic carbocycles. The zero-order chi connectivity index (χ0) is 23.0. The monoisotopic (exact) mass is 459 g/mol. The number of nitrogen functional groups attached to an aromatic ring is 1. The third-order valence-corrected chi connectivity index (χ3v) is 8.21. The number of aryl methyl sites for hydroxylation is 2. The van der Waals surface area contributed by atoms with Crippen molar-refractivity contribution in [2.75, 3.05) is 19.3 Å². The molecule has 2 fully saturated rings. The lowest BCUT2D eigenvalue weighted by atomic mass is 10.1. The van der Waals surface area contributed by atoms with Crippen molar-refractivity contribution < 1.29 is 13.2 Å². The Labute approximate surface area is 189 Å². The van der Waals surface area contributed by atoms with Gasteiger partial charge in [-0.1, -0.05) is 12.1 Å². The normalized spacial score (nSPS) is 22.1. The Balaban J connectivity index is 1.50. The zero-order valence-corrected chi connectivity index (χ0v) is 19.7. The molecule has 3 heterocycles. The number of nitrogens with one attached hydrogen (secondary N) is 1. The number of carbonyl (C=O) groups is 1. The van der Waals surface area contributed by atoms with Crippen LogP contribution in [0.25, 0.3) is 10.9 Å². The number of sulfonamides is 1. The van der Waals surface area contributed by atoms with Gasteiger partial charge in [0, 0.05) is 42.5 Å². The minimum atomic E-state index is -3.37. The molecule has 3 N–H and O–H groups in total. The Bertz CT molecular complexity index is 1140. The Morgan fingerprint density at radius 2 is 1.94 bits per heavy atom. The van der Waals surface area contributed by atoms with Gasteiger partial charge in [-0.15, -0.1) is 0 Å². The molecular formula is C23H33N5O3S. The average molecular weight is 460 g/mol. The highest BCUT2D eigenvalue weighted by Gasteiger charge is 2.41. The second-order valence-electron chi connectivity index (χ2n) is 8.97. The summed E-state index contributed by atoms with van der Waals surface area (Å²) in [6, 6.07) is 7.63. The third kappa shape index (κ3) is 4.28. The van der Waals surface area contributed by atoms with E-state index in [0.717, 1.165) is 55.1 Å². The van der Waals surface area contributed by atoms with E-state index >= 15 is 0 Å². The van der Waals surface area contributed by atoms with Gasteiger partial charge >= 0.3 is 0 Å². The first-order valence-electron chi connectivity index (χ1n) is 11.4. The van der Waals surface area contributed by atoms with E-state index < -0.39 is 16.1 Å². The lowest BCUT2D eigenvalue weighted by molar-refractivity contribution is -0.135. The molecule has 2 saturated heterocycles. The van der Waals surface area contributed by atoms with Crippen molar-refractivity contribution in [1.82, 2.24) is 13.8 Å². The highest BCUT2D eigenvalue weighted by atomic mass is 32.2. The van der Waals surface area contributed by atoms with E-state index in [-0.39, 0.29) is 17.8 Å². The summed E-state index contributed by atoms with van der Waals surface area (Å²) in [4.78, 5) is 15.2. The molecule has 9 heteroatoms. The maximum atomic E-state index is 13.3. The van der Waals surface area contributed by atoms with Crippen LogP contribution in [-0.2, 0) is 27.8 Å². The third-order valence-electron chi connectivity index (χ3n) is 6.93. The van der Waals surface area contributed by atoms with E-state index in [9.17, 15) is 13.2 Å². The summed E-state index contributed by atoms with van der Waals surface area (Å²) in [6.45, 7) is 4.07. The minimum Gasteiger partial charge on any atom is -0.384 e. The minimum absolute atomic E-state index is 0.0300. The zero-order valence-electron chi connectivity index (χ0n) is 18.9. The second-order valence-corrected chi connectivity index (χ2v) is 10.9. The number of benzene rings is 1. The standard InChI is InChI=1S/C23H33N5O3S/c1-3-26-19(14-16-8-9-17(22(24)25)15-21(16)26)11-10-18-6-4-12-27(18)23(29)20-7-5-13-28(20)32(2,30)31/h8-9,14-15,18,20H,3-7,10-13H2,1-2H3,(H3,24,25)/t18-,20+/m0/s1. The molecule has 174 valence electrons. The first kappa shape index (κ1) is 22.8. The molecule has 8 nitrogen and oxygen atoms in total. The van der Waals surface area contributed by atoms with Crippen LogP contribution >= 0.6 is 0 Å². The number of fused-ring (bicyclic) bond motifs is 1. The first-order chi connectivity index (χ1) is 15.2. The highest BCUT2D eigenvalue weighted by molar-refractivity contribution is 7.88. The van der Waals surface area contributed by atoms with Crippen LogP contribution < -0.4 is 5.73 Å². The molecule has 2 aromatic rings. The molecule has 32 heavy (non-hydrogen) atoms. The van der Waals surface area contributed by atoms with Crippen LogP contribution in [0.4, 0.5) is 0 Å². The number of aromatic nitrogens is 1. The lowest BCUT2D eigenvalue weighted by Gasteiger charge is -2.30. The van der Waals surface area contributed by atoms with E-state index in [1.165, 1.54) is 16.3 Å². The average Bonchev–Trinajstić information content (AvgIpc) is 3.48. The van der Waals surface area contributed by atoms with Gasteiger partial charge in [0.25, 0.3) is 0 Å². The van der Waals surface area contributed by atoms with Gasteiger partial charge in [0.2, 0.25) is 15.9 Å². The number of nitrogens with two attached hydrogens (primary N) is 1. The molecule has 2 aliphatic rings. The van der Waals surface area contributed by atoms with E-state index in [4.69, 9.17) is 11.1 Å². The highest BCUT2D eigenvalue weighted by Crippen LogP contribution is 2.29. The van der Waals surface area contributed by atoms with Gasteiger partial charge in [0.15, 0.2) is 0 Å². The molecule has 0 spiro atoms. The molecule has 2 aliphatic heterocycles. The van der Waals surface area contributed by atoms with Gasteiger partial charge < -0.3 is 15.2 Å². The Morgan fingerprint density at radius 3 is 2.62 bits per heavy atom. The molecular weight excluding hydrogens is 426 g/mol. The number of likely N-dealkylation sites (tertiary alicyclic amines) is 1. The van der Waals surface area contributed by atoms with E-state index in [0.29, 0.717) is 19.5 Å². The summed E-state index contributed by atoms with van der Waals surface area (Å²) in [7, 11) is -3.37. The Morgan fingerprint density at radius 1 is 1.19 bits per heavy atom. The van der Waals surface area contributed by atoms with Crippen molar-refractivity contribution in [3.05, 3.63) is 35.5 Å². The fourth-order valence-electron chi connectivity index (χ4n) is 5.38. The van der Waals surface area contributed by atoms with E-state index in [2.05, 4.69) is 17.6 Å². The van der Waals surface area contributed by atoms with Crippen molar-refractivity contribution >= 4 is 32.7 Å². The second kappa shape index (κ2) is 8.86. The summed E-state index contributed by atoms with van der Waals surface area (Å²) in [5, 5.41) is 8.84. The van der Waals surface area contributed by atoms with Crippen LogP contribution in [0.1, 0.15) is 50.3 Å². The summed E-state index contributed by atoms with van der Waals surface area (Å²) < 4.78 is 27.9. The van der Waals surface area contributed by atoms with Gasteiger partial charge in [-0.25, -0.2) is 8.42 Å². The summed E-state index contributed by atoms with van der Waals surface area (Å²) in [6.07, 6.45) is 6.15. The summed E-state index contributed by atoms with van der Waals surface area (Å²) >= 11 is 0. The molecule has 0 radical (unpaired) electrons. The molecule has 0 unspecified atom stereocenters. The van der Waals surface area contributed by atoms with Crippen LogP contribution in [0, 0.1) is 5.41 Å². The number of rotatable bonds is 7. The van der Waals surface area contributed by atoms with Gasteiger partial charge in [-0.05, 0) is 63.0 Å². The largest absolute Gasteiger partial charge is 0.384 e. The molecule has 0 bridgehead atoms. The predicted octanol–water partition coefficient (Wildman–Crippen LogP) is 2.29. The topological polar surface area (TPSA) is 112 Å².